The van der Waals surface area contributed by atoms with Crippen LogP contribution in [0, 0.1) is 11.3 Å². The van der Waals surface area contributed by atoms with E-state index < -0.39 is 0 Å². The van der Waals surface area contributed by atoms with Crippen molar-refractivity contribution in [3.63, 3.8) is 0 Å². The van der Waals surface area contributed by atoms with Crippen molar-refractivity contribution >= 4 is 27.3 Å². The van der Waals surface area contributed by atoms with E-state index in [1.165, 1.54) is 28.6 Å². The Labute approximate surface area is 117 Å². The molecule has 0 amide bonds. The van der Waals surface area contributed by atoms with Gasteiger partial charge in [0.15, 0.2) is 0 Å². The van der Waals surface area contributed by atoms with Crippen molar-refractivity contribution in [3.8, 4) is 0 Å². The molecule has 0 aromatic carbocycles. The molecule has 0 aliphatic heterocycles. The van der Waals surface area contributed by atoms with E-state index in [0.717, 1.165) is 12.5 Å². The second-order valence-electron chi connectivity index (χ2n) is 6.04. The normalized spacial score (nSPS) is 28.2. The van der Waals surface area contributed by atoms with Crippen LogP contribution < -0.4 is 0 Å². The van der Waals surface area contributed by atoms with Crippen molar-refractivity contribution in [1.29, 1.82) is 0 Å². The van der Waals surface area contributed by atoms with Crippen LogP contribution in [-0.2, 0) is 11.3 Å². The maximum atomic E-state index is 6.09. The number of thiophene rings is 1. The van der Waals surface area contributed by atoms with Gasteiger partial charge in [0.2, 0.25) is 0 Å². The van der Waals surface area contributed by atoms with Gasteiger partial charge >= 0.3 is 0 Å². The predicted molar refractivity (Wildman–Crippen MR) is 77.4 cm³/mol. The SMILES string of the molecule is CC1CC(OCc2sccc2Br)CC(C)(C)C1. The Morgan fingerprint density at radius 2 is 2.24 bits per heavy atom. The van der Waals surface area contributed by atoms with E-state index in [9.17, 15) is 0 Å². The number of hydrogen-bond acceptors (Lipinski definition) is 2. The van der Waals surface area contributed by atoms with Gasteiger partial charge in [-0.25, -0.2) is 0 Å². The molecule has 0 saturated heterocycles. The van der Waals surface area contributed by atoms with Crippen LogP contribution in [0.4, 0.5) is 0 Å². The van der Waals surface area contributed by atoms with E-state index in [1.807, 2.05) is 0 Å². The lowest BCUT2D eigenvalue weighted by atomic mass is 9.71. The summed E-state index contributed by atoms with van der Waals surface area (Å²) in [5.74, 6) is 0.788. The fourth-order valence-corrected chi connectivity index (χ4v) is 4.39. The molecule has 1 nitrogen and oxygen atoms in total. The average Bonchev–Trinajstić information content (AvgIpc) is 2.58. The summed E-state index contributed by atoms with van der Waals surface area (Å²) in [7, 11) is 0. The minimum absolute atomic E-state index is 0.433. The van der Waals surface area contributed by atoms with Crippen LogP contribution in [-0.4, -0.2) is 6.10 Å². The molecule has 2 rings (SSSR count). The van der Waals surface area contributed by atoms with Gasteiger partial charge in [-0.15, -0.1) is 11.3 Å². The van der Waals surface area contributed by atoms with E-state index >= 15 is 0 Å². The molecule has 3 heteroatoms. The van der Waals surface area contributed by atoms with Gasteiger partial charge in [0, 0.05) is 9.35 Å². The van der Waals surface area contributed by atoms with Crippen LogP contribution in [0.1, 0.15) is 44.9 Å². The molecule has 96 valence electrons. The Morgan fingerprint density at radius 3 is 2.82 bits per heavy atom. The van der Waals surface area contributed by atoms with Crippen LogP contribution in [0.15, 0.2) is 15.9 Å². The molecule has 0 N–H and O–H groups in total. The summed E-state index contributed by atoms with van der Waals surface area (Å²) < 4.78 is 7.28. The first-order valence-electron chi connectivity index (χ1n) is 6.30. The summed E-state index contributed by atoms with van der Waals surface area (Å²) in [4.78, 5) is 1.31. The van der Waals surface area contributed by atoms with Crippen molar-refractivity contribution in [2.45, 2.75) is 52.7 Å². The van der Waals surface area contributed by atoms with Gasteiger partial charge in [0.1, 0.15) is 0 Å². The van der Waals surface area contributed by atoms with Crippen molar-refractivity contribution < 1.29 is 4.74 Å². The largest absolute Gasteiger partial charge is 0.373 e. The summed E-state index contributed by atoms with van der Waals surface area (Å²) >= 11 is 5.32. The lowest BCUT2D eigenvalue weighted by Gasteiger charge is -2.38. The Bertz CT molecular complexity index is 372. The first-order chi connectivity index (χ1) is 7.96. The van der Waals surface area contributed by atoms with E-state index in [4.69, 9.17) is 4.74 Å². The molecule has 1 aliphatic carbocycles. The maximum absolute atomic E-state index is 6.09. The zero-order chi connectivity index (χ0) is 12.5. The second-order valence-corrected chi connectivity index (χ2v) is 7.89. The highest BCUT2D eigenvalue weighted by Gasteiger charge is 2.32. The van der Waals surface area contributed by atoms with Gasteiger partial charge in [-0.3, -0.25) is 0 Å². The number of halogens is 1. The summed E-state index contributed by atoms with van der Waals surface area (Å²) in [6, 6.07) is 2.09. The third kappa shape index (κ3) is 3.80. The zero-order valence-electron chi connectivity index (χ0n) is 10.8. The quantitative estimate of drug-likeness (QED) is 0.740. The standard InChI is InChI=1S/C14H21BrOS/c1-10-6-11(8-14(2,3)7-10)16-9-13-12(15)4-5-17-13/h4-5,10-11H,6-9H2,1-3H3. The number of ether oxygens (including phenoxy) is 1. The maximum Gasteiger partial charge on any atom is 0.0824 e. The highest BCUT2D eigenvalue weighted by Crippen LogP contribution is 2.40. The third-order valence-electron chi connectivity index (χ3n) is 3.49. The Hall–Kier alpha value is 0.140. The molecule has 1 saturated carbocycles. The summed E-state index contributed by atoms with van der Waals surface area (Å²) in [6.07, 6.45) is 4.17. The van der Waals surface area contributed by atoms with Gasteiger partial charge in [-0.1, -0.05) is 20.8 Å². The smallest absolute Gasteiger partial charge is 0.0824 e. The molecule has 0 radical (unpaired) electrons. The minimum Gasteiger partial charge on any atom is -0.373 e. The molecule has 2 unspecified atom stereocenters. The van der Waals surface area contributed by atoms with Gasteiger partial charge in [0.25, 0.3) is 0 Å². The van der Waals surface area contributed by atoms with Crippen molar-refractivity contribution in [1.82, 2.24) is 0 Å². The molecular weight excluding hydrogens is 296 g/mol. The van der Waals surface area contributed by atoms with Gasteiger partial charge in [-0.05, 0) is 58.0 Å². The summed E-state index contributed by atoms with van der Waals surface area (Å²) in [5, 5.41) is 2.11. The molecule has 1 aliphatic rings. The molecule has 2 atom stereocenters. The predicted octanol–water partition coefficient (Wildman–Crippen LogP) is 5.24. The second kappa shape index (κ2) is 5.41. The first kappa shape index (κ1) is 13.6. The Morgan fingerprint density at radius 1 is 1.47 bits per heavy atom. The lowest BCUT2D eigenvalue weighted by Crippen LogP contribution is -2.32. The van der Waals surface area contributed by atoms with E-state index in [1.54, 1.807) is 11.3 Å². The molecule has 0 bridgehead atoms. The average molecular weight is 317 g/mol. The van der Waals surface area contributed by atoms with Gasteiger partial charge in [0.05, 0.1) is 12.7 Å². The Balaban J connectivity index is 1.89. The summed E-state index contributed by atoms with van der Waals surface area (Å²) in [5.41, 5.74) is 0.439. The van der Waals surface area contributed by atoms with Crippen LogP contribution in [0.3, 0.4) is 0 Å². The van der Waals surface area contributed by atoms with Crippen LogP contribution >= 0.6 is 27.3 Å². The van der Waals surface area contributed by atoms with Crippen LogP contribution in [0.5, 0.6) is 0 Å². The highest BCUT2D eigenvalue weighted by molar-refractivity contribution is 9.10. The monoisotopic (exact) mass is 316 g/mol. The minimum atomic E-state index is 0.433. The van der Waals surface area contributed by atoms with E-state index in [0.29, 0.717) is 11.5 Å². The molecule has 1 heterocycles. The van der Waals surface area contributed by atoms with E-state index in [-0.39, 0.29) is 0 Å². The fraction of sp³-hybridized carbons (Fsp3) is 0.714. The Kier molecular flexibility index (Phi) is 4.32. The molecule has 1 fully saturated rings. The van der Waals surface area contributed by atoms with Crippen molar-refractivity contribution in [3.05, 3.63) is 20.8 Å². The topological polar surface area (TPSA) is 9.23 Å². The zero-order valence-corrected chi connectivity index (χ0v) is 13.2. The molecule has 17 heavy (non-hydrogen) atoms. The van der Waals surface area contributed by atoms with Crippen LogP contribution in [0.2, 0.25) is 0 Å². The molecule has 0 spiro atoms. The van der Waals surface area contributed by atoms with Gasteiger partial charge in [-0.2, -0.15) is 0 Å². The van der Waals surface area contributed by atoms with Crippen molar-refractivity contribution in [2.75, 3.05) is 0 Å². The lowest BCUT2D eigenvalue weighted by molar-refractivity contribution is -0.0308. The molecule has 1 aromatic rings. The van der Waals surface area contributed by atoms with Crippen LogP contribution in [0.25, 0.3) is 0 Å². The fourth-order valence-electron chi connectivity index (χ4n) is 3.01. The summed E-state index contributed by atoms with van der Waals surface area (Å²) in [6.45, 7) is 7.82. The van der Waals surface area contributed by atoms with Crippen molar-refractivity contribution in [2.24, 2.45) is 11.3 Å². The van der Waals surface area contributed by atoms with Gasteiger partial charge < -0.3 is 4.74 Å². The number of hydrogen-bond donors (Lipinski definition) is 0. The number of rotatable bonds is 3. The highest BCUT2D eigenvalue weighted by atomic mass is 79.9. The molecular formula is C14H21BrOS. The third-order valence-corrected chi connectivity index (χ3v) is 5.39. The molecule has 1 aromatic heterocycles. The van der Waals surface area contributed by atoms with E-state index in [2.05, 4.69) is 48.1 Å². The first-order valence-corrected chi connectivity index (χ1v) is 7.97.